The molecule has 54 valence electrons. The molecule has 0 fully saturated rings. The second-order valence-corrected chi connectivity index (χ2v) is 1.81. The van der Waals surface area contributed by atoms with E-state index in [1.54, 1.807) is 24.8 Å². The molecule has 0 aliphatic heterocycles. The SMILES string of the molecule is [K+].[c-]1nccnc1-n1nccn1. The van der Waals surface area contributed by atoms with Gasteiger partial charge in [0, 0.05) is 0 Å². The maximum Gasteiger partial charge on any atom is 1.00 e. The van der Waals surface area contributed by atoms with Gasteiger partial charge in [0.1, 0.15) is 5.82 Å². The molecule has 6 heteroatoms. The Kier molecular flexibility index (Phi) is 3.96. The molecule has 0 unspecified atom stereocenters. The van der Waals surface area contributed by atoms with Crippen LogP contribution in [0.2, 0.25) is 0 Å². The van der Waals surface area contributed by atoms with E-state index in [2.05, 4.69) is 26.4 Å². The maximum absolute atomic E-state index is 3.94. The quantitative estimate of drug-likeness (QED) is 0.348. The van der Waals surface area contributed by atoms with Crippen molar-refractivity contribution in [3.05, 3.63) is 31.0 Å². The van der Waals surface area contributed by atoms with E-state index in [1.165, 1.54) is 4.80 Å². The largest absolute Gasteiger partial charge is 1.00 e. The summed E-state index contributed by atoms with van der Waals surface area (Å²) in [5.74, 6) is 0.498. The number of aromatic nitrogens is 5. The van der Waals surface area contributed by atoms with Gasteiger partial charge in [-0.25, -0.2) is 0 Å². The zero-order valence-electron chi connectivity index (χ0n) is 6.55. The van der Waals surface area contributed by atoms with Crippen molar-refractivity contribution in [2.24, 2.45) is 0 Å². The topological polar surface area (TPSA) is 56.5 Å². The fourth-order valence-corrected chi connectivity index (χ4v) is 0.683. The Morgan fingerprint density at radius 1 is 1.08 bits per heavy atom. The fourth-order valence-electron chi connectivity index (χ4n) is 0.683. The Balaban J connectivity index is 0.000000720. The first-order valence-electron chi connectivity index (χ1n) is 3.02. The third kappa shape index (κ3) is 2.17. The molecule has 0 atom stereocenters. The summed E-state index contributed by atoms with van der Waals surface area (Å²) in [6.45, 7) is 0. The molecule has 0 radical (unpaired) electrons. The summed E-state index contributed by atoms with van der Waals surface area (Å²) in [7, 11) is 0. The van der Waals surface area contributed by atoms with Crippen LogP contribution in [0.1, 0.15) is 0 Å². The van der Waals surface area contributed by atoms with E-state index in [4.69, 9.17) is 0 Å². The molecule has 0 bridgehead atoms. The van der Waals surface area contributed by atoms with Crippen LogP contribution in [-0.4, -0.2) is 25.0 Å². The average molecular weight is 185 g/mol. The van der Waals surface area contributed by atoms with Gasteiger partial charge in [-0.1, -0.05) is 0 Å². The minimum absolute atomic E-state index is 0. The van der Waals surface area contributed by atoms with Crippen molar-refractivity contribution in [1.82, 2.24) is 25.0 Å². The van der Waals surface area contributed by atoms with E-state index in [-0.39, 0.29) is 51.4 Å². The first-order valence-corrected chi connectivity index (χ1v) is 3.02. The Morgan fingerprint density at radius 3 is 2.42 bits per heavy atom. The number of nitrogens with zero attached hydrogens (tertiary/aromatic N) is 5. The molecular formula is C6H4KN5. The van der Waals surface area contributed by atoms with Crippen molar-refractivity contribution in [3.8, 4) is 5.82 Å². The van der Waals surface area contributed by atoms with Crippen LogP contribution < -0.4 is 51.4 Å². The summed E-state index contributed by atoms with van der Waals surface area (Å²) in [5, 5.41) is 7.72. The maximum atomic E-state index is 3.94. The van der Waals surface area contributed by atoms with E-state index >= 15 is 0 Å². The molecule has 2 aromatic heterocycles. The fraction of sp³-hybridized carbons (Fsp3) is 0. The van der Waals surface area contributed by atoms with E-state index in [9.17, 15) is 0 Å². The van der Waals surface area contributed by atoms with Crippen LogP contribution in [-0.2, 0) is 0 Å². The molecule has 0 aliphatic carbocycles. The van der Waals surface area contributed by atoms with Crippen LogP contribution in [0, 0.1) is 6.20 Å². The first kappa shape index (κ1) is 9.94. The summed E-state index contributed by atoms with van der Waals surface area (Å²) in [4.78, 5) is 9.05. The van der Waals surface area contributed by atoms with Crippen molar-refractivity contribution in [1.29, 1.82) is 0 Å². The standard InChI is InChI=1S/C6H4N5.K/c1-2-8-6(5-7-1)11-9-3-4-10-11;/h1-4H;/q-1;+1. The Hall–Kier alpha value is -0.144. The summed E-state index contributed by atoms with van der Waals surface area (Å²) in [6, 6.07) is 0. The number of hydrogen-bond acceptors (Lipinski definition) is 4. The summed E-state index contributed by atoms with van der Waals surface area (Å²) < 4.78 is 0. The van der Waals surface area contributed by atoms with Crippen LogP contribution in [0.25, 0.3) is 5.82 Å². The Morgan fingerprint density at radius 2 is 1.83 bits per heavy atom. The molecule has 2 rings (SSSR count). The van der Waals surface area contributed by atoms with Crippen molar-refractivity contribution >= 4 is 0 Å². The van der Waals surface area contributed by atoms with E-state index in [0.717, 1.165) is 0 Å². The minimum Gasteiger partial charge on any atom is -0.454 e. The predicted molar refractivity (Wildman–Crippen MR) is 35.8 cm³/mol. The molecule has 5 nitrogen and oxygen atoms in total. The molecule has 0 aromatic carbocycles. The van der Waals surface area contributed by atoms with Crippen molar-refractivity contribution in [3.63, 3.8) is 0 Å². The van der Waals surface area contributed by atoms with E-state index in [1.807, 2.05) is 0 Å². The van der Waals surface area contributed by atoms with Gasteiger partial charge in [-0.05, 0) is 6.20 Å². The molecule has 0 saturated heterocycles. The van der Waals surface area contributed by atoms with Crippen LogP contribution in [0.5, 0.6) is 0 Å². The van der Waals surface area contributed by atoms with Gasteiger partial charge in [-0.2, -0.15) is 15.0 Å². The molecule has 0 spiro atoms. The molecule has 0 aliphatic rings. The molecule has 2 aromatic rings. The van der Waals surface area contributed by atoms with Gasteiger partial charge < -0.3 is 4.98 Å². The van der Waals surface area contributed by atoms with Crippen LogP contribution in [0.15, 0.2) is 24.8 Å². The van der Waals surface area contributed by atoms with Gasteiger partial charge in [-0.3, -0.25) is 4.98 Å². The second kappa shape index (κ2) is 4.78. The zero-order valence-corrected chi connectivity index (χ0v) is 9.67. The van der Waals surface area contributed by atoms with Gasteiger partial charge in [0.15, 0.2) is 0 Å². The predicted octanol–water partition coefficient (Wildman–Crippen LogP) is -3.14. The van der Waals surface area contributed by atoms with Gasteiger partial charge in [0.25, 0.3) is 0 Å². The van der Waals surface area contributed by atoms with Gasteiger partial charge in [0.2, 0.25) is 0 Å². The summed E-state index contributed by atoms with van der Waals surface area (Å²) in [5.41, 5.74) is 0. The Labute approximate surface area is 112 Å². The van der Waals surface area contributed by atoms with Gasteiger partial charge in [0.05, 0.1) is 12.4 Å². The summed E-state index contributed by atoms with van der Waals surface area (Å²) >= 11 is 0. The van der Waals surface area contributed by atoms with Gasteiger partial charge in [-0.15, -0.1) is 12.4 Å². The zero-order chi connectivity index (χ0) is 7.52. The monoisotopic (exact) mass is 185 g/mol. The van der Waals surface area contributed by atoms with Crippen LogP contribution in [0.3, 0.4) is 0 Å². The molecule has 12 heavy (non-hydrogen) atoms. The minimum atomic E-state index is 0. The normalized spacial score (nSPS) is 9.00. The number of rotatable bonds is 1. The third-order valence-corrected chi connectivity index (χ3v) is 1.11. The molecular weight excluding hydrogens is 181 g/mol. The third-order valence-electron chi connectivity index (χ3n) is 1.11. The smallest absolute Gasteiger partial charge is 0.454 e. The van der Waals surface area contributed by atoms with Crippen LogP contribution in [0.4, 0.5) is 0 Å². The van der Waals surface area contributed by atoms with Gasteiger partial charge >= 0.3 is 51.4 Å². The molecule has 2 heterocycles. The van der Waals surface area contributed by atoms with Crippen molar-refractivity contribution in [2.45, 2.75) is 0 Å². The van der Waals surface area contributed by atoms with Crippen molar-refractivity contribution < 1.29 is 51.4 Å². The second-order valence-electron chi connectivity index (χ2n) is 1.81. The van der Waals surface area contributed by atoms with E-state index < -0.39 is 0 Å². The van der Waals surface area contributed by atoms with Crippen LogP contribution >= 0.6 is 0 Å². The summed E-state index contributed by atoms with van der Waals surface area (Å²) in [6.07, 6.45) is 8.90. The van der Waals surface area contributed by atoms with E-state index in [0.29, 0.717) is 5.82 Å². The molecule has 0 amide bonds. The molecule has 0 N–H and O–H groups in total. The Bertz CT molecular complexity index is 319. The molecule has 0 saturated carbocycles. The van der Waals surface area contributed by atoms with Crippen molar-refractivity contribution in [2.75, 3.05) is 0 Å². The first-order chi connectivity index (χ1) is 5.47. The average Bonchev–Trinajstić information content (AvgIpc) is 2.58. The number of hydrogen-bond donors (Lipinski definition) is 0.